The summed E-state index contributed by atoms with van der Waals surface area (Å²) >= 11 is 1.72. The number of nitrogens with two attached hydrogens (primary N) is 1. The van der Waals surface area contributed by atoms with E-state index in [2.05, 4.69) is 6.26 Å². The molecule has 3 rings (SSSR count). The molecule has 0 saturated carbocycles. The molecule has 1 radical (unpaired) electrons. The lowest BCUT2D eigenvalue weighted by molar-refractivity contribution is 0.559. The third-order valence-electron chi connectivity index (χ3n) is 2.69. The van der Waals surface area contributed by atoms with E-state index in [0.29, 0.717) is 0 Å². The van der Waals surface area contributed by atoms with Crippen molar-refractivity contribution in [3.63, 3.8) is 0 Å². The van der Waals surface area contributed by atoms with Gasteiger partial charge in [0.1, 0.15) is 0 Å². The van der Waals surface area contributed by atoms with Gasteiger partial charge in [-0.05, 0) is 30.9 Å². The molecule has 1 aliphatic rings. The van der Waals surface area contributed by atoms with Crippen molar-refractivity contribution in [2.45, 2.75) is 19.3 Å². The van der Waals surface area contributed by atoms with Crippen molar-refractivity contribution in [3.05, 3.63) is 29.0 Å². The summed E-state index contributed by atoms with van der Waals surface area (Å²) in [6.45, 7) is 0. The smallest absolute Gasteiger partial charge is 0.177 e. The summed E-state index contributed by atoms with van der Waals surface area (Å²) in [5, 5.41) is 0.910. The lowest BCUT2D eigenvalue weighted by Gasteiger charge is -1.98. The van der Waals surface area contributed by atoms with Gasteiger partial charge in [0, 0.05) is 16.0 Å². The maximum Gasteiger partial charge on any atom is 0.177 e. The van der Waals surface area contributed by atoms with Gasteiger partial charge in [0.25, 0.3) is 0 Å². The number of nitrogen functional groups attached to an aromatic ring is 1. The van der Waals surface area contributed by atoms with Crippen LogP contribution in [0.4, 0.5) is 5.00 Å². The van der Waals surface area contributed by atoms with Crippen LogP contribution in [0.5, 0.6) is 0 Å². The molecular formula is C11H10NOS. The molecule has 0 unspecified atom stereocenters. The zero-order chi connectivity index (χ0) is 9.54. The second-order valence-corrected chi connectivity index (χ2v) is 4.67. The number of aryl methyl sites for hydroxylation is 1. The number of hydrogen-bond donors (Lipinski definition) is 1. The molecule has 0 fully saturated rings. The van der Waals surface area contributed by atoms with E-state index < -0.39 is 0 Å². The van der Waals surface area contributed by atoms with Crippen molar-refractivity contribution in [1.82, 2.24) is 0 Å². The van der Waals surface area contributed by atoms with E-state index in [1.54, 1.807) is 17.6 Å². The topological polar surface area (TPSA) is 39.2 Å². The molecule has 0 aromatic carbocycles. The summed E-state index contributed by atoms with van der Waals surface area (Å²) in [6.07, 6.45) is 8.10. The molecule has 0 saturated heterocycles. The van der Waals surface area contributed by atoms with Crippen LogP contribution < -0.4 is 5.73 Å². The number of rotatable bonds is 1. The molecule has 2 aromatic rings. The zero-order valence-corrected chi connectivity index (χ0v) is 8.49. The van der Waals surface area contributed by atoms with Gasteiger partial charge in [-0.2, -0.15) is 0 Å². The minimum absolute atomic E-state index is 0.910. The second kappa shape index (κ2) is 2.89. The molecule has 2 N–H and O–H groups in total. The Kier molecular flexibility index (Phi) is 1.67. The van der Waals surface area contributed by atoms with Gasteiger partial charge in [0.15, 0.2) is 6.26 Å². The van der Waals surface area contributed by atoms with Gasteiger partial charge in [0.05, 0.1) is 11.3 Å². The highest BCUT2D eigenvalue weighted by Crippen LogP contribution is 2.43. The van der Waals surface area contributed by atoms with Crippen LogP contribution in [-0.4, -0.2) is 0 Å². The van der Waals surface area contributed by atoms with E-state index in [1.807, 2.05) is 6.07 Å². The largest absolute Gasteiger partial charge is 0.460 e. The van der Waals surface area contributed by atoms with Crippen LogP contribution in [0.25, 0.3) is 11.1 Å². The lowest BCUT2D eigenvalue weighted by Crippen LogP contribution is -1.86. The summed E-state index contributed by atoms with van der Waals surface area (Å²) in [4.78, 5) is 1.45. The van der Waals surface area contributed by atoms with Crippen molar-refractivity contribution in [3.8, 4) is 11.1 Å². The Morgan fingerprint density at radius 3 is 3.14 bits per heavy atom. The van der Waals surface area contributed by atoms with E-state index >= 15 is 0 Å². The van der Waals surface area contributed by atoms with Crippen LogP contribution in [0, 0.1) is 6.26 Å². The highest BCUT2D eigenvalue weighted by molar-refractivity contribution is 7.16. The molecule has 0 bridgehead atoms. The summed E-state index contributed by atoms with van der Waals surface area (Å²) in [5.41, 5.74) is 9.59. The molecule has 71 valence electrons. The fourth-order valence-corrected chi connectivity index (χ4v) is 3.26. The Morgan fingerprint density at radius 2 is 2.36 bits per heavy atom. The number of fused-ring (bicyclic) bond motifs is 1. The van der Waals surface area contributed by atoms with Gasteiger partial charge >= 0.3 is 0 Å². The standard InChI is InChI=1S/C11H10NOS/c12-11-10(7-4-5-13-6-7)8-2-1-3-9(8)14-11/h4-5H,1-3,12H2. The van der Waals surface area contributed by atoms with E-state index in [4.69, 9.17) is 10.2 Å². The first kappa shape index (κ1) is 8.12. The Balaban J connectivity index is 2.22. The highest BCUT2D eigenvalue weighted by Gasteiger charge is 2.22. The zero-order valence-electron chi connectivity index (χ0n) is 7.67. The Bertz CT molecular complexity index is 456. The number of hydrogen-bond acceptors (Lipinski definition) is 3. The maximum absolute atomic E-state index is 6.00. The predicted octanol–water partition coefficient (Wildman–Crippen LogP) is 2.88. The molecule has 0 atom stereocenters. The molecule has 0 amide bonds. The number of thiophene rings is 1. The average Bonchev–Trinajstić information content (AvgIpc) is 2.78. The van der Waals surface area contributed by atoms with Gasteiger partial charge in [0.2, 0.25) is 0 Å². The second-order valence-electron chi connectivity index (χ2n) is 3.53. The van der Waals surface area contributed by atoms with Gasteiger partial charge in [-0.15, -0.1) is 11.3 Å². The minimum atomic E-state index is 0.910. The molecule has 3 heteroatoms. The lowest BCUT2D eigenvalue weighted by atomic mass is 10.1. The first-order valence-electron chi connectivity index (χ1n) is 4.72. The number of anilines is 1. The van der Waals surface area contributed by atoms with Gasteiger partial charge in [-0.3, -0.25) is 0 Å². The third kappa shape index (κ3) is 1.02. The first-order valence-corrected chi connectivity index (χ1v) is 5.53. The summed E-state index contributed by atoms with van der Waals surface area (Å²) in [7, 11) is 0. The van der Waals surface area contributed by atoms with Gasteiger partial charge < -0.3 is 10.2 Å². The van der Waals surface area contributed by atoms with Crippen LogP contribution >= 0.6 is 11.3 Å². The summed E-state index contributed by atoms with van der Waals surface area (Å²) in [5.74, 6) is 0. The maximum atomic E-state index is 6.00. The molecule has 14 heavy (non-hydrogen) atoms. The predicted molar refractivity (Wildman–Crippen MR) is 57.3 cm³/mol. The first-order chi connectivity index (χ1) is 6.86. The van der Waals surface area contributed by atoms with E-state index in [-0.39, 0.29) is 0 Å². The Labute approximate surface area is 86.4 Å². The van der Waals surface area contributed by atoms with Crippen LogP contribution in [0.1, 0.15) is 16.9 Å². The summed E-state index contributed by atoms with van der Waals surface area (Å²) < 4.78 is 4.98. The SMILES string of the molecule is Nc1sc2c(c1-c1[c]occ1)CCC2. The van der Waals surface area contributed by atoms with E-state index in [0.717, 1.165) is 22.5 Å². The Morgan fingerprint density at radius 1 is 1.43 bits per heavy atom. The molecule has 1 aliphatic carbocycles. The summed E-state index contributed by atoms with van der Waals surface area (Å²) in [6, 6.07) is 1.93. The molecule has 0 spiro atoms. The minimum Gasteiger partial charge on any atom is -0.460 e. The monoisotopic (exact) mass is 204 g/mol. The molecule has 0 aliphatic heterocycles. The van der Waals surface area contributed by atoms with Crippen LogP contribution in [0.3, 0.4) is 0 Å². The normalized spacial score (nSPS) is 14.6. The van der Waals surface area contributed by atoms with Crippen LogP contribution in [-0.2, 0) is 12.8 Å². The van der Waals surface area contributed by atoms with E-state index in [1.165, 1.54) is 23.3 Å². The van der Waals surface area contributed by atoms with Crippen molar-refractivity contribution >= 4 is 16.3 Å². The fourth-order valence-electron chi connectivity index (χ4n) is 2.09. The van der Waals surface area contributed by atoms with Crippen LogP contribution in [0.2, 0.25) is 0 Å². The highest BCUT2D eigenvalue weighted by atomic mass is 32.1. The van der Waals surface area contributed by atoms with E-state index in [9.17, 15) is 0 Å². The quantitative estimate of drug-likeness (QED) is 0.775. The fraction of sp³-hybridized carbons (Fsp3) is 0.273. The molecular weight excluding hydrogens is 194 g/mol. The molecule has 2 aromatic heterocycles. The average molecular weight is 204 g/mol. The van der Waals surface area contributed by atoms with Gasteiger partial charge in [-0.1, -0.05) is 0 Å². The molecule has 2 heterocycles. The van der Waals surface area contributed by atoms with Crippen molar-refractivity contribution in [2.75, 3.05) is 5.73 Å². The Hall–Kier alpha value is -1.22. The number of furan rings is 1. The molecule has 2 nitrogen and oxygen atoms in total. The van der Waals surface area contributed by atoms with Crippen molar-refractivity contribution in [2.24, 2.45) is 0 Å². The van der Waals surface area contributed by atoms with Crippen molar-refractivity contribution in [1.29, 1.82) is 0 Å². The van der Waals surface area contributed by atoms with Crippen molar-refractivity contribution < 1.29 is 4.42 Å². The third-order valence-corrected chi connectivity index (χ3v) is 3.81. The van der Waals surface area contributed by atoms with Gasteiger partial charge in [-0.25, -0.2) is 0 Å². The van der Waals surface area contributed by atoms with Crippen LogP contribution in [0.15, 0.2) is 16.7 Å².